The van der Waals surface area contributed by atoms with Gasteiger partial charge >= 0.3 is 5.97 Å². The summed E-state index contributed by atoms with van der Waals surface area (Å²) in [7, 11) is 0. The van der Waals surface area contributed by atoms with E-state index in [0.29, 0.717) is 12.8 Å². The van der Waals surface area contributed by atoms with Crippen molar-refractivity contribution in [3.63, 3.8) is 0 Å². The molecule has 0 aliphatic rings. The van der Waals surface area contributed by atoms with Gasteiger partial charge in [0.25, 0.3) is 0 Å². The highest BCUT2D eigenvalue weighted by Gasteiger charge is 2.34. The molecule has 0 aromatic rings. The average molecular weight is 419 g/mol. The van der Waals surface area contributed by atoms with Crippen LogP contribution in [0.3, 0.4) is 0 Å². The molecule has 29 heavy (non-hydrogen) atoms. The van der Waals surface area contributed by atoms with Gasteiger partial charge < -0.3 is 5.11 Å². The monoisotopic (exact) mass is 418 g/mol. The van der Waals surface area contributed by atoms with Gasteiger partial charge in [-0.3, -0.25) is 4.79 Å². The highest BCUT2D eigenvalue weighted by atomic mass is 32.2. The predicted molar refractivity (Wildman–Crippen MR) is 131 cm³/mol. The van der Waals surface area contributed by atoms with Crippen LogP contribution in [-0.2, 0) is 4.79 Å². The molecule has 0 heterocycles. The number of aliphatic carboxylic acids is 1. The summed E-state index contributed by atoms with van der Waals surface area (Å²) in [6.07, 6.45) is 31.3. The number of hydrogen-bond donors (Lipinski definition) is 1. The molecule has 0 unspecified atom stereocenters. The van der Waals surface area contributed by atoms with E-state index in [1.807, 2.05) is 19.3 Å². The molecule has 0 aromatic heterocycles. The summed E-state index contributed by atoms with van der Waals surface area (Å²) in [6.45, 7) is 6.05. The van der Waals surface area contributed by atoms with Gasteiger partial charge in [-0.15, -0.1) is 11.8 Å². The first-order valence-corrected chi connectivity index (χ1v) is 12.2. The highest BCUT2D eigenvalue weighted by Crippen LogP contribution is 2.33. The van der Waals surface area contributed by atoms with Crippen molar-refractivity contribution < 1.29 is 9.90 Å². The van der Waals surface area contributed by atoms with Gasteiger partial charge in [0.05, 0.1) is 0 Å². The molecule has 0 aromatic carbocycles. The van der Waals surface area contributed by atoms with Gasteiger partial charge in [-0.2, -0.15) is 0 Å². The van der Waals surface area contributed by atoms with Crippen LogP contribution in [0.5, 0.6) is 0 Å². The molecule has 0 saturated heterocycles. The Balaban J connectivity index is 3.69. The molecule has 1 N–H and O–H groups in total. The summed E-state index contributed by atoms with van der Waals surface area (Å²) < 4.78 is -0.667. The highest BCUT2D eigenvalue weighted by molar-refractivity contribution is 8.04. The van der Waals surface area contributed by atoms with Crippen LogP contribution in [0.15, 0.2) is 60.1 Å². The topological polar surface area (TPSA) is 37.3 Å². The summed E-state index contributed by atoms with van der Waals surface area (Å²) >= 11 is 1.44. The Morgan fingerprint density at radius 1 is 0.724 bits per heavy atom. The van der Waals surface area contributed by atoms with E-state index in [4.69, 9.17) is 0 Å². The van der Waals surface area contributed by atoms with Crippen LogP contribution in [-0.4, -0.2) is 15.8 Å². The van der Waals surface area contributed by atoms with Crippen LogP contribution >= 0.6 is 11.8 Å². The zero-order valence-electron chi connectivity index (χ0n) is 18.8. The van der Waals surface area contributed by atoms with Gasteiger partial charge in [-0.1, -0.05) is 75.5 Å². The first-order valence-electron chi connectivity index (χ1n) is 11.3. The van der Waals surface area contributed by atoms with Crippen LogP contribution < -0.4 is 0 Å². The van der Waals surface area contributed by atoms with E-state index in [1.54, 1.807) is 0 Å². The number of allylic oxidation sites excluding steroid dienone is 9. The molecule has 0 fully saturated rings. The summed E-state index contributed by atoms with van der Waals surface area (Å²) in [5.74, 6) is -0.708. The average Bonchev–Trinajstić information content (AvgIpc) is 2.72. The summed E-state index contributed by atoms with van der Waals surface area (Å²) in [5, 5.41) is 11.4. The lowest BCUT2D eigenvalue weighted by molar-refractivity contribution is -0.140. The van der Waals surface area contributed by atoms with E-state index in [-0.39, 0.29) is 0 Å². The molecule has 0 aliphatic heterocycles. The number of thioether (sulfide) groups is 1. The second-order valence-electron chi connectivity index (χ2n) is 7.12. The van der Waals surface area contributed by atoms with E-state index >= 15 is 0 Å². The maximum Gasteiger partial charge on any atom is 0.320 e. The van der Waals surface area contributed by atoms with E-state index < -0.39 is 10.7 Å². The lowest BCUT2D eigenvalue weighted by atomic mass is 10.0. The van der Waals surface area contributed by atoms with Gasteiger partial charge in [-0.25, -0.2) is 0 Å². The van der Waals surface area contributed by atoms with Gasteiger partial charge in [0.15, 0.2) is 0 Å². The zero-order valence-corrected chi connectivity index (χ0v) is 19.6. The quantitative estimate of drug-likeness (QED) is 0.179. The number of carbonyl (C=O) groups is 1. The fourth-order valence-electron chi connectivity index (χ4n) is 2.80. The number of rotatable bonds is 18. The molecule has 0 radical (unpaired) electrons. The second-order valence-corrected chi connectivity index (χ2v) is 8.41. The Morgan fingerprint density at radius 3 is 1.69 bits per heavy atom. The Kier molecular flexibility index (Phi) is 18.8. The smallest absolute Gasteiger partial charge is 0.320 e. The minimum absolute atomic E-state index is 0.646. The molecule has 0 aliphatic carbocycles. The maximum atomic E-state index is 11.4. The molecular formula is C26H42O2S. The first kappa shape index (κ1) is 27.5. The molecule has 0 bridgehead atoms. The number of hydrogen-bond acceptors (Lipinski definition) is 2. The Labute approximate surface area is 183 Å². The fraction of sp³-hybridized carbons (Fsp3) is 0.577. The van der Waals surface area contributed by atoms with Crippen LogP contribution in [0.2, 0.25) is 0 Å². The minimum Gasteiger partial charge on any atom is -0.480 e. The third kappa shape index (κ3) is 15.1. The normalized spacial score (nSPS) is 13.2. The molecule has 0 saturated carbocycles. The molecule has 3 heteroatoms. The lowest BCUT2D eigenvalue weighted by Gasteiger charge is -2.23. The summed E-state index contributed by atoms with van der Waals surface area (Å²) in [4.78, 5) is 11.4. The Morgan fingerprint density at radius 2 is 1.21 bits per heavy atom. The van der Waals surface area contributed by atoms with Crippen molar-refractivity contribution in [2.75, 3.05) is 0 Å². The van der Waals surface area contributed by atoms with E-state index in [1.165, 1.54) is 31.0 Å². The molecule has 0 spiro atoms. The number of unbranched alkanes of at least 4 members (excludes halogenated alkanes) is 4. The summed E-state index contributed by atoms with van der Waals surface area (Å²) in [6, 6.07) is 0. The van der Waals surface area contributed by atoms with Crippen molar-refractivity contribution >= 4 is 17.7 Å². The Bertz CT molecular complexity index is 537. The molecular weight excluding hydrogens is 376 g/mol. The maximum absolute atomic E-state index is 11.4. The SMILES string of the molecule is CC/C=C\C/C=C\CCCC/C=C\C/C=C\CC/C=C\SC(CC)(CC)C(=O)O. The second kappa shape index (κ2) is 19.8. The largest absolute Gasteiger partial charge is 0.480 e. The molecule has 0 atom stereocenters. The van der Waals surface area contributed by atoms with Crippen molar-refractivity contribution in [1.29, 1.82) is 0 Å². The lowest BCUT2D eigenvalue weighted by Crippen LogP contribution is -2.32. The van der Waals surface area contributed by atoms with Crippen molar-refractivity contribution in [2.45, 2.75) is 96.1 Å². The van der Waals surface area contributed by atoms with Gasteiger partial charge in [0, 0.05) is 0 Å². The Hall–Kier alpha value is -1.48. The van der Waals surface area contributed by atoms with Crippen LogP contribution in [0.4, 0.5) is 0 Å². The minimum atomic E-state index is -0.708. The van der Waals surface area contributed by atoms with Gasteiger partial charge in [-0.05, 0) is 76.0 Å². The van der Waals surface area contributed by atoms with Gasteiger partial charge in [0.1, 0.15) is 4.75 Å². The van der Waals surface area contributed by atoms with Crippen LogP contribution in [0.25, 0.3) is 0 Å². The fourth-order valence-corrected chi connectivity index (χ4v) is 3.72. The molecule has 0 rings (SSSR count). The van der Waals surface area contributed by atoms with E-state index in [9.17, 15) is 9.90 Å². The van der Waals surface area contributed by atoms with Crippen LogP contribution in [0.1, 0.15) is 91.4 Å². The molecule has 2 nitrogen and oxygen atoms in total. The third-order valence-electron chi connectivity index (χ3n) is 4.86. The number of carboxylic acid groups (broad SMARTS) is 1. The molecule has 164 valence electrons. The van der Waals surface area contributed by atoms with E-state index in [0.717, 1.165) is 38.5 Å². The summed E-state index contributed by atoms with van der Waals surface area (Å²) in [5.41, 5.74) is 0. The van der Waals surface area contributed by atoms with Crippen molar-refractivity contribution in [3.8, 4) is 0 Å². The van der Waals surface area contributed by atoms with Crippen molar-refractivity contribution in [2.24, 2.45) is 0 Å². The van der Waals surface area contributed by atoms with Crippen molar-refractivity contribution in [3.05, 3.63) is 60.1 Å². The standard InChI is InChI=1S/C26H42O2S/c1-4-7-8-9-10-11-12-13-14-15-16-17-18-19-20-21-22-23-24-29-26(5-2,6-3)25(27)28/h7-8,10-11,16-17,19-20,23-24H,4-6,9,12-15,18,21-22H2,1-3H3,(H,27,28)/b8-7-,11-10-,17-16-,20-19-,24-23-. The van der Waals surface area contributed by atoms with E-state index in [2.05, 4.69) is 61.6 Å². The van der Waals surface area contributed by atoms with Crippen LogP contribution in [0, 0.1) is 0 Å². The third-order valence-corrected chi connectivity index (χ3v) is 6.39. The van der Waals surface area contributed by atoms with Crippen molar-refractivity contribution in [1.82, 2.24) is 0 Å². The predicted octanol–water partition coefficient (Wildman–Crippen LogP) is 8.63. The van der Waals surface area contributed by atoms with Gasteiger partial charge in [0.2, 0.25) is 0 Å². The number of carboxylic acids is 1. The molecule has 0 amide bonds. The first-order chi connectivity index (χ1) is 14.1. The zero-order chi connectivity index (χ0) is 21.6.